The van der Waals surface area contributed by atoms with Crippen molar-refractivity contribution < 1.29 is 32.7 Å². The third-order valence-corrected chi connectivity index (χ3v) is 4.31. The first-order chi connectivity index (χ1) is 13.4. The summed E-state index contributed by atoms with van der Waals surface area (Å²) in [6, 6.07) is 6.58. The van der Waals surface area contributed by atoms with Crippen LogP contribution < -0.4 is 10.9 Å². The molecule has 1 atom stereocenters. The van der Waals surface area contributed by atoms with Gasteiger partial charge in [0.2, 0.25) is 0 Å². The molecule has 2 aromatic carbocycles. The van der Waals surface area contributed by atoms with Crippen LogP contribution in [0.25, 0.3) is 0 Å². The Morgan fingerprint density at radius 1 is 1.14 bits per heavy atom. The monoisotopic (exact) mass is 413 g/mol. The number of benzene rings is 2. The third kappa shape index (κ3) is 4.09. The van der Waals surface area contributed by atoms with Crippen molar-refractivity contribution in [1.82, 2.24) is 5.43 Å². The Morgan fingerprint density at radius 3 is 2.07 bits per heavy atom. The molecule has 0 fully saturated rings. The normalized spacial score (nSPS) is 13.4. The van der Waals surface area contributed by atoms with Gasteiger partial charge in [0, 0.05) is 17.8 Å². The number of methoxy groups -OCH3 is 1. The van der Waals surface area contributed by atoms with E-state index in [9.17, 15) is 33.2 Å². The zero-order valence-electron chi connectivity index (χ0n) is 15.6. The number of nitrogens with zero attached hydrogens (tertiary/aromatic N) is 1. The van der Waals surface area contributed by atoms with Crippen LogP contribution in [0, 0.1) is 24.0 Å². The minimum absolute atomic E-state index is 0.0420. The molecule has 11 heteroatoms. The van der Waals surface area contributed by atoms with Gasteiger partial charge in [0.1, 0.15) is 5.75 Å². The number of rotatable bonds is 6. The van der Waals surface area contributed by atoms with Gasteiger partial charge in [-0.1, -0.05) is 0 Å². The Labute approximate surface area is 163 Å². The van der Waals surface area contributed by atoms with Crippen molar-refractivity contribution >= 4 is 17.3 Å². The van der Waals surface area contributed by atoms with Crippen LogP contribution in [-0.2, 0) is 15.1 Å². The molecule has 0 spiro atoms. The molecular formula is C18H18F3N3O5. The number of hydrazine groups is 1. The van der Waals surface area contributed by atoms with Gasteiger partial charge in [-0.3, -0.25) is 10.1 Å². The Kier molecular flexibility index (Phi) is 6.02. The molecule has 29 heavy (non-hydrogen) atoms. The first-order valence-electron chi connectivity index (χ1n) is 8.17. The van der Waals surface area contributed by atoms with Crippen molar-refractivity contribution in [2.75, 3.05) is 12.5 Å². The van der Waals surface area contributed by atoms with E-state index in [1.54, 1.807) is 0 Å². The number of ether oxygens (including phenoxy) is 1. The second-order valence-corrected chi connectivity index (χ2v) is 6.25. The number of non-ortho nitro benzene ring substituents is 1. The van der Waals surface area contributed by atoms with Crippen LogP contribution in [0.5, 0.6) is 5.75 Å². The molecular weight excluding hydrogens is 395 g/mol. The quantitative estimate of drug-likeness (QED) is 0.378. The molecule has 0 aromatic heterocycles. The highest BCUT2D eigenvalue weighted by molar-refractivity contribution is 5.84. The minimum atomic E-state index is -5.15. The van der Waals surface area contributed by atoms with Crippen LogP contribution in [0.3, 0.4) is 0 Å². The maximum absolute atomic E-state index is 14.2. The molecule has 0 aliphatic carbocycles. The number of aromatic hydroxyl groups is 1. The Morgan fingerprint density at radius 2 is 1.66 bits per heavy atom. The maximum Gasteiger partial charge on any atom is 0.423 e. The van der Waals surface area contributed by atoms with Crippen molar-refractivity contribution in [1.29, 1.82) is 0 Å². The molecule has 0 amide bonds. The summed E-state index contributed by atoms with van der Waals surface area (Å²) < 4.78 is 47.0. The Bertz CT molecular complexity index is 908. The van der Waals surface area contributed by atoms with E-state index in [1.165, 1.54) is 26.0 Å². The van der Waals surface area contributed by atoms with Crippen LogP contribution in [0.1, 0.15) is 16.7 Å². The lowest BCUT2D eigenvalue weighted by Gasteiger charge is -2.35. The molecule has 0 bridgehead atoms. The molecule has 0 aliphatic heterocycles. The highest BCUT2D eigenvalue weighted by Crippen LogP contribution is 2.42. The van der Waals surface area contributed by atoms with E-state index in [1.807, 2.05) is 5.43 Å². The standard InChI is InChI=1S/C18H18F3N3O5/c1-10-8-12(9-11(2)15(10)25)17(16(26)29-3,18(19,20)21)23-22-13-4-6-14(7-5-13)24(27)28/h4-9,22-23,25H,1-3H3. The largest absolute Gasteiger partial charge is 0.507 e. The van der Waals surface area contributed by atoms with Gasteiger partial charge in [0.15, 0.2) is 0 Å². The fourth-order valence-corrected chi connectivity index (χ4v) is 2.75. The molecule has 0 heterocycles. The Balaban J connectivity index is 2.55. The van der Waals surface area contributed by atoms with Gasteiger partial charge in [0.25, 0.3) is 11.2 Å². The van der Waals surface area contributed by atoms with E-state index in [2.05, 4.69) is 10.2 Å². The molecule has 0 saturated carbocycles. The first-order valence-corrected chi connectivity index (χ1v) is 8.17. The van der Waals surface area contributed by atoms with Crippen LogP contribution >= 0.6 is 0 Å². The summed E-state index contributed by atoms with van der Waals surface area (Å²) in [6.07, 6.45) is -5.15. The zero-order chi connectivity index (χ0) is 22.0. The minimum Gasteiger partial charge on any atom is -0.507 e. The van der Waals surface area contributed by atoms with E-state index in [0.29, 0.717) is 0 Å². The number of carbonyl (C=O) groups excluding carboxylic acids is 1. The van der Waals surface area contributed by atoms with E-state index < -0.39 is 28.2 Å². The first kappa shape index (κ1) is 22.0. The van der Waals surface area contributed by atoms with Crippen LogP contribution in [0.15, 0.2) is 36.4 Å². The van der Waals surface area contributed by atoms with Gasteiger partial charge in [-0.2, -0.15) is 13.2 Å². The number of nitrogens with one attached hydrogen (secondary N) is 2. The van der Waals surface area contributed by atoms with Crippen molar-refractivity contribution in [2.24, 2.45) is 0 Å². The zero-order valence-corrected chi connectivity index (χ0v) is 15.6. The SMILES string of the molecule is COC(=O)C(NNc1ccc([N+](=O)[O-])cc1)(c1cc(C)c(O)c(C)c1)C(F)(F)F. The molecule has 2 aromatic rings. The molecule has 2 rings (SSSR count). The summed E-state index contributed by atoms with van der Waals surface area (Å²) in [5.74, 6) is -1.83. The van der Waals surface area contributed by atoms with Crippen molar-refractivity contribution in [2.45, 2.75) is 25.6 Å². The summed E-state index contributed by atoms with van der Waals surface area (Å²) >= 11 is 0. The number of phenolic OH excluding ortho intramolecular Hbond substituents is 1. The average molecular weight is 413 g/mol. The van der Waals surface area contributed by atoms with Gasteiger partial charge in [-0.25, -0.2) is 10.2 Å². The molecule has 8 nitrogen and oxygen atoms in total. The number of aryl methyl sites for hydroxylation is 2. The number of hydrogen-bond acceptors (Lipinski definition) is 7. The number of alkyl halides is 3. The molecule has 0 radical (unpaired) electrons. The highest BCUT2D eigenvalue weighted by atomic mass is 19.4. The third-order valence-electron chi connectivity index (χ3n) is 4.31. The predicted molar refractivity (Wildman–Crippen MR) is 97.2 cm³/mol. The smallest absolute Gasteiger partial charge is 0.423 e. The highest BCUT2D eigenvalue weighted by Gasteiger charge is 2.63. The van der Waals surface area contributed by atoms with E-state index >= 15 is 0 Å². The summed E-state index contributed by atoms with van der Waals surface area (Å²) in [7, 11) is 0.816. The number of nitro groups is 1. The van der Waals surface area contributed by atoms with Crippen LogP contribution in [0.4, 0.5) is 24.5 Å². The second-order valence-electron chi connectivity index (χ2n) is 6.25. The van der Waals surface area contributed by atoms with Gasteiger partial charge in [-0.15, -0.1) is 0 Å². The second kappa shape index (κ2) is 7.95. The molecule has 3 N–H and O–H groups in total. The molecule has 0 aliphatic rings. The molecule has 0 saturated heterocycles. The Hall–Kier alpha value is -3.34. The van der Waals surface area contributed by atoms with E-state index in [0.717, 1.165) is 31.4 Å². The number of esters is 1. The van der Waals surface area contributed by atoms with Gasteiger partial charge in [-0.05, 0) is 54.8 Å². The van der Waals surface area contributed by atoms with Crippen LogP contribution in [-0.4, -0.2) is 29.3 Å². The summed E-state index contributed by atoms with van der Waals surface area (Å²) in [5.41, 5.74) is 0.490. The van der Waals surface area contributed by atoms with Gasteiger partial charge >= 0.3 is 12.1 Å². The van der Waals surface area contributed by atoms with Gasteiger partial charge in [0.05, 0.1) is 12.0 Å². The lowest BCUT2D eigenvalue weighted by molar-refractivity contribution is -0.384. The van der Waals surface area contributed by atoms with Crippen molar-refractivity contribution in [3.63, 3.8) is 0 Å². The number of halogens is 3. The fraction of sp³-hybridized carbons (Fsp3) is 0.278. The number of hydrogen-bond donors (Lipinski definition) is 3. The summed E-state index contributed by atoms with van der Waals surface area (Å²) in [4.78, 5) is 22.4. The van der Waals surface area contributed by atoms with Gasteiger partial charge < -0.3 is 15.3 Å². The number of anilines is 1. The maximum atomic E-state index is 14.2. The molecule has 156 valence electrons. The predicted octanol–water partition coefficient (Wildman–Crippen LogP) is 3.46. The van der Waals surface area contributed by atoms with E-state index in [-0.39, 0.29) is 28.3 Å². The van der Waals surface area contributed by atoms with Crippen LogP contribution in [0.2, 0.25) is 0 Å². The number of nitro benzene ring substituents is 1. The lowest BCUT2D eigenvalue weighted by atomic mass is 9.87. The van der Waals surface area contributed by atoms with Crippen molar-refractivity contribution in [3.8, 4) is 5.75 Å². The average Bonchev–Trinajstić information content (AvgIpc) is 2.65. The number of carbonyl (C=O) groups is 1. The lowest BCUT2D eigenvalue weighted by Crippen LogP contribution is -2.61. The topological polar surface area (TPSA) is 114 Å². The summed E-state index contributed by atoms with van der Waals surface area (Å²) in [6.45, 7) is 2.79. The summed E-state index contributed by atoms with van der Waals surface area (Å²) in [5, 5.41) is 20.6. The molecule has 1 unspecified atom stereocenters. The van der Waals surface area contributed by atoms with E-state index in [4.69, 9.17) is 0 Å². The fourth-order valence-electron chi connectivity index (χ4n) is 2.75. The van der Waals surface area contributed by atoms with Crippen molar-refractivity contribution in [3.05, 3.63) is 63.2 Å². The number of phenols is 1.